The molecule has 3 nitrogen and oxygen atoms in total. The van der Waals surface area contributed by atoms with Crippen LogP contribution in [0.3, 0.4) is 0 Å². The molecule has 4 heteroatoms. The Kier molecular flexibility index (Phi) is 3.70. The summed E-state index contributed by atoms with van der Waals surface area (Å²) in [6.07, 6.45) is 1.72. The highest BCUT2D eigenvalue weighted by atomic mass is 35.5. The maximum atomic E-state index is 6.17. The molecule has 0 aliphatic carbocycles. The Bertz CT molecular complexity index is 694. The molecule has 0 saturated carbocycles. The zero-order chi connectivity index (χ0) is 13.8. The molecule has 0 fully saturated rings. The highest BCUT2D eigenvalue weighted by Crippen LogP contribution is 2.23. The molecule has 0 radical (unpaired) electrons. The third kappa shape index (κ3) is 2.83. The molecule has 0 bridgehead atoms. The molecule has 0 spiro atoms. The van der Waals surface area contributed by atoms with E-state index in [1.807, 2.05) is 60.7 Å². The molecule has 100 valence electrons. The van der Waals surface area contributed by atoms with Crippen LogP contribution in [0.4, 0.5) is 0 Å². The Hall–Kier alpha value is -2.26. The van der Waals surface area contributed by atoms with Crippen molar-refractivity contribution in [2.45, 2.75) is 6.54 Å². The number of nitrogens with zero attached hydrogens (tertiary/aromatic N) is 2. The Labute approximate surface area is 122 Å². The van der Waals surface area contributed by atoms with E-state index >= 15 is 0 Å². The average Bonchev–Trinajstić information content (AvgIpc) is 2.90. The summed E-state index contributed by atoms with van der Waals surface area (Å²) in [5.74, 6) is 1.48. The summed E-state index contributed by atoms with van der Waals surface area (Å²) < 4.78 is 7.60. The highest BCUT2D eigenvalue weighted by Gasteiger charge is 2.07. The number of rotatable bonds is 4. The van der Waals surface area contributed by atoms with Crippen LogP contribution < -0.4 is 4.74 Å². The second kappa shape index (κ2) is 5.80. The first-order valence-electron chi connectivity index (χ1n) is 6.31. The molecule has 0 unspecified atom stereocenters. The Morgan fingerprint density at radius 2 is 1.70 bits per heavy atom. The van der Waals surface area contributed by atoms with Crippen molar-refractivity contribution < 1.29 is 4.74 Å². The first-order valence-corrected chi connectivity index (χ1v) is 6.69. The van der Waals surface area contributed by atoms with Gasteiger partial charge in [0.05, 0.1) is 12.7 Å². The average molecular weight is 285 g/mol. The molecule has 1 aromatic heterocycles. The summed E-state index contributed by atoms with van der Waals surface area (Å²) in [5, 5.41) is 5.01. The van der Waals surface area contributed by atoms with Crippen molar-refractivity contribution in [3.63, 3.8) is 0 Å². The number of halogens is 1. The van der Waals surface area contributed by atoms with E-state index < -0.39 is 0 Å². The van der Waals surface area contributed by atoms with E-state index in [4.69, 9.17) is 16.3 Å². The van der Waals surface area contributed by atoms with Gasteiger partial charge in [-0.1, -0.05) is 48.0 Å². The highest BCUT2D eigenvalue weighted by molar-refractivity contribution is 6.31. The van der Waals surface area contributed by atoms with Gasteiger partial charge < -0.3 is 4.74 Å². The van der Waals surface area contributed by atoms with Crippen molar-refractivity contribution in [3.8, 4) is 11.6 Å². The van der Waals surface area contributed by atoms with Crippen LogP contribution in [-0.2, 0) is 6.54 Å². The van der Waals surface area contributed by atoms with Crippen molar-refractivity contribution in [2.24, 2.45) is 0 Å². The lowest BCUT2D eigenvalue weighted by molar-refractivity contribution is 0.421. The molecule has 0 saturated heterocycles. The first-order chi connectivity index (χ1) is 9.83. The fourth-order valence-electron chi connectivity index (χ4n) is 1.92. The Morgan fingerprint density at radius 1 is 0.950 bits per heavy atom. The van der Waals surface area contributed by atoms with Gasteiger partial charge in [-0.25, -0.2) is 4.68 Å². The van der Waals surface area contributed by atoms with Crippen LogP contribution in [0.1, 0.15) is 5.56 Å². The van der Waals surface area contributed by atoms with Gasteiger partial charge in [0.15, 0.2) is 0 Å². The third-order valence-electron chi connectivity index (χ3n) is 2.92. The number of hydrogen-bond acceptors (Lipinski definition) is 2. The monoisotopic (exact) mass is 284 g/mol. The van der Waals surface area contributed by atoms with Crippen molar-refractivity contribution in [1.29, 1.82) is 0 Å². The van der Waals surface area contributed by atoms with Crippen molar-refractivity contribution >= 4 is 11.6 Å². The van der Waals surface area contributed by atoms with Crippen LogP contribution in [-0.4, -0.2) is 9.78 Å². The van der Waals surface area contributed by atoms with Gasteiger partial charge in [0, 0.05) is 11.1 Å². The quantitative estimate of drug-likeness (QED) is 0.711. The molecule has 1 heterocycles. The third-order valence-corrected chi connectivity index (χ3v) is 3.29. The van der Waals surface area contributed by atoms with Crippen LogP contribution in [0.2, 0.25) is 5.02 Å². The fourth-order valence-corrected chi connectivity index (χ4v) is 2.12. The van der Waals surface area contributed by atoms with Crippen LogP contribution >= 0.6 is 11.6 Å². The molecule has 0 atom stereocenters. The second-order valence-corrected chi connectivity index (χ2v) is 4.74. The molecular weight excluding hydrogens is 272 g/mol. The van der Waals surface area contributed by atoms with E-state index in [9.17, 15) is 0 Å². The summed E-state index contributed by atoms with van der Waals surface area (Å²) in [5.41, 5.74) is 1.01. The van der Waals surface area contributed by atoms with Crippen LogP contribution in [0.15, 0.2) is 66.9 Å². The summed E-state index contributed by atoms with van der Waals surface area (Å²) >= 11 is 6.17. The standard InChI is InChI=1S/C16H13ClN2O/c17-15-9-5-4-6-13(15)12-19-16(10-11-18-19)20-14-7-2-1-3-8-14/h1-11H,12H2. The SMILES string of the molecule is Clc1ccccc1Cn1nccc1Oc1ccccc1. The van der Waals surface area contributed by atoms with E-state index in [2.05, 4.69) is 5.10 Å². The Balaban J connectivity index is 1.82. The second-order valence-electron chi connectivity index (χ2n) is 4.33. The summed E-state index contributed by atoms with van der Waals surface area (Å²) in [6, 6.07) is 19.2. The van der Waals surface area contributed by atoms with Gasteiger partial charge in [-0.05, 0) is 23.8 Å². The van der Waals surface area contributed by atoms with Crippen LogP contribution in [0, 0.1) is 0 Å². The molecule has 2 aromatic carbocycles. The first kappa shape index (κ1) is 12.8. The van der Waals surface area contributed by atoms with Gasteiger partial charge in [0.1, 0.15) is 5.75 Å². The molecular formula is C16H13ClN2O. The predicted octanol–water partition coefficient (Wildman–Crippen LogP) is 4.38. The maximum absolute atomic E-state index is 6.17. The van der Waals surface area contributed by atoms with Gasteiger partial charge in [0.25, 0.3) is 0 Å². The number of para-hydroxylation sites is 1. The van der Waals surface area contributed by atoms with Crippen LogP contribution in [0.5, 0.6) is 11.6 Å². The largest absolute Gasteiger partial charge is 0.439 e. The summed E-state index contributed by atoms with van der Waals surface area (Å²) in [4.78, 5) is 0. The molecule has 0 N–H and O–H groups in total. The zero-order valence-electron chi connectivity index (χ0n) is 10.7. The van der Waals surface area contributed by atoms with E-state index in [1.54, 1.807) is 10.9 Å². The molecule has 0 amide bonds. The van der Waals surface area contributed by atoms with Gasteiger partial charge in [-0.15, -0.1) is 0 Å². The lowest BCUT2D eigenvalue weighted by atomic mass is 10.2. The van der Waals surface area contributed by atoms with Crippen molar-refractivity contribution in [1.82, 2.24) is 9.78 Å². The van der Waals surface area contributed by atoms with Gasteiger partial charge in [0.2, 0.25) is 5.88 Å². The van der Waals surface area contributed by atoms with E-state index in [0.29, 0.717) is 12.4 Å². The molecule has 0 aliphatic heterocycles. The van der Waals surface area contributed by atoms with Gasteiger partial charge in [-0.3, -0.25) is 0 Å². The molecule has 3 rings (SSSR count). The minimum atomic E-state index is 0.578. The van der Waals surface area contributed by atoms with E-state index in [1.165, 1.54) is 0 Å². The molecule has 3 aromatic rings. The summed E-state index contributed by atoms with van der Waals surface area (Å²) in [6.45, 7) is 0.578. The minimum Gasteiger partial charge on any atom is -0.439 e. The van der Waals surface area contributed by atoms with Gasteiger partial charge in [-0.2, -0.15) is 5.10 Å². The van der Waals surface area contributed by atoms with Gasteiger partial charge >= 0.3 is 0 Å². The number of aromatic nitrogens is 2. The maximum Gasteiger partial charge on any atom is 0.218 e. The predicted molar refractivity (Wildman–Crippen MR) is 79.3 cm³/mol. The zero-order valence-corrected chi connectivity index (χ0v) is 11.5. The summed E-state index contributed by atoms with van der Waals surface area (Å²) in [7, 11) is 0. The smallest absolute Gasteiger partial charge is 0.218 e. The normalized spacial score (nSPS) is 10.4. The Morgan fingerprint density at radius 3 is 2.50 bits per heavy atom. The molecule has 0 aliphatic rings. The lowest BCUT2D eigenvalue weighted by Crippen LogP contribution is -2.04. The van der Waals surface area contributed by atoms with E-state index in [0.717, 1.165) is 16.3 Å². The van der Waals surface area contributed by atoms with Crippen molar-refractivity contribution in [2.75, 3.05) is 0 Å². The van der Waals surface area contributed by atoms with E-state index in [-0.39, 0.29) is 0 Å². The number of hydrogen-bond donors (Lipinski definition) is 0. The fraction of sp³-hybridized carbons (Fsp3) is 0.0625. The van der Waals surface area contributed by atoms with Crippen molar-refractivity contribution in [3.05, 3.63) is 77.4 Å². The molecule has 20 heavy (non-hydrogen) atoms. The topological polar surface area (TPSA) is 27.1 Å². The number of ether oxygens (including phenoxy) is 1. The van der Waals surface area contributed by atoms with Crippen LogP contribution in [0.25, 0.3) is 0 Å². The minimum absolute atomic E-state index is 0.578. The number of benzene rings is 2. The lowest BCUT2D eigenvalue weighted by Gasteiger charge is -2.09.